The Morgan fingerprint density at radius 1 is 1.35 bits per heavy atom. The summed E-state index contributed by atoms with van der Waals surface area (Å²) in [6.45, 7) is 1.09. The molecule has 2 heterocycles. The first kappa shape index (κ1) is 12.4. The van der Waals surface area contributed by atoms with Crippen LogP contribution in [0.3, 0.4) is 0 Å². The number of rotatable bonds is 5. The first-order chi connectivity index (χ1) is 8.29. The van der Waals surface area contributed by atoms with E-state index >= 15 is 0 Å². The molecule has 0 aliphatic rings. The third-order valence-corrected chi connectivity index (χ3v) is 3.62. The fraction of sp³-hybridized carbons (Fsp3) is 0.250. The van der Waals surface area contributed by atoms with Crippen molar-refractivity contribution in [3.63, 3.8) is 0 Å². The molecule has 17 heavy (non-hydrogen) atoms. The zero-order chi connectivity index (χ0) is 12.1. The topological polar surface area (TPSA) is 48.1 Å². The Balaban J connectivity index is 1.93. The molecule has 0 bridgehead atoms. The van der Waals surface area contributed by atoms with Crippen LogP contribution < -0.4 is 10.5 Å². The number of pyridine rings is 1. The molecule has 0 spiro atoms. The predicted molar refractivity (Wildman–Crippen MR) is 70.7 cm³/mol. The highest BCUT2D eigenvalue weighted by atomic mass is 35.5. The Morgan fingerprint density at radius 2 is 2.24 bits per heavy atom. The van der Waals surface area contributed by atoms with E-state index in [1.54, 1.807) is 17.5 Å². The second kappa shape index (κ2) is 6.00. The Hall–Kier alpha value is -1.10. The van der Waals surface area contributed by atoms with Crippen molar-refractivity contribution in [3.8, 4) is 5.75 Å². The number of hydrogen-bond acceptors (Lipinski definition) is 4. The SMILES string of the molecule is NCCc1ccc(OCc2sccc2Cl)cn1. The lowest BCUT2D eigenvalue weighted by Crippen LogP contribution is -2.04. The maximum Gasteiger partial charge on any atom is 0.138 e. The molecular formula is C12H13ClN2OS. The number of nitrogens with two attached hydrogens (primary N) is 1. The second-order valence-corrected chi connectivity index (χ2v) is 4.91. The monoisotopic (exact) mass is 268 g/mol. The van der Waals surface area contributed by atoms with Gasteiger partial charge in [-0.2, -0.15) is 0 Å². The fourth-order valence-electron chi connectivity index (χ4n) is 1.37. The molecule has 2 aromatic heterocycles. The van der Waals surface area contributed by atoms with E-state index in [1.807, 2.05) is 23.6 Å². The molecule has 0 unspecified atom stereocenters. The summed E-state index contributed by atoms with van der Waals surface area (Å²) in [5.74, 6) is 0.746. The minimum atomic E-state index is 0.481. The molecule has 0 atom stereocenters. The Kier molecular flexibility index (Phi) is 4.36. The highest BCUT2D eigenvalue weighted by Gasteiger charge is 2.03. The van der Waals surface area contributed by atoms with E-state index in [4.69, 9.17) is 22.1 Å². The van der Waals surface area contributed by atoms with E-state index in [0.717, 1.165) is 27.8 Å². The van der Waals surface area contributed by atoms with Crippen LogP contribution in [-0.2, 0) is 13.0 Å². The fourth-order valence-corrected chi connectivity index (χ4v) is 2.37. The van der Waals surface area contributed by atoms with Crippen molar-refractivity contribution < 1.29 is 4.74 Å². The summed E-state index contributed by atoms with van der Waals surface area (Å²) in [5, 5.41) is 2.70. The van der Waals surface area contributed by atoms with Gasteiger partial charge in [0.05, 0.1) is 16.1 Å². The molecule has 2 rings (SSSR count). The van der Waals surface area contributed by atoms with Crippen LogP contribution in [0.25, 0.3) is 0 Å². The van der Waals surface area contributed by atoms with Crippen molar-refractivity contribution in [2.24, 2.45) is 5.73 Å². The molecule has 2 aromatic rings. The molecule has 90 valence electrons. The molecule has 0 saturated carbocycles. The molecule has 0 radical (unpaired) electrons. The van der Waals surface area contributed by atoms with E-state index in [0.29, 0.717) is 13.2 Å². The summed E-state index contributed by atoms with van der Waals surface area (Å²) in [7, 11) is 0. The lowest BCUT2D eigenvalue weighted by atomic mass is 10.3. The van der Waals surface area contributed by atoms with E-state index in [2.05, 4.69) is 4.98 Å². The van der Waals surface area contributed by atoms with Crippen molar-refractivity contribution in [2.45, 2.75) is 13.0 Å². The van der Waals surface area contributed by atoms with E-state index in [-0.39, 0.29) is 0 Å². The number of thiophene rings is 1. The van der Waals surface area contributed by atoms with E-state index < -0.39 is 0 Å². The number of nitrogens with zero attached hydrogens (tertiary/aromatic N) is 1. The molecule has 0 saturated heterocycles. The normalized spacial score (nSPS) is 10.5. The first-order valence-corrected chi connectivity index (χ1v) is 6.55. The quantitative estimate of drug-likeness (QED) is 0.907. The summed E-state index contributed by atoms with van der Waals surface area (Å²) in [4.78, 5) is 5.28. The smallest absolute Gasteiger partial charge is 0.138 e. The van der Waals surface area contributed by atoms with Gasteiger partial charge < -0.3 is 10.5 Å². The lowest BCUT2D eigenvalue weighted by molar-refractivity contribution is 0.308. The van der Waals surface area contributed by atoms with Crippen LogP contribution in [0.2, 0.25) is 5.02 Å². The van der Waals surface area contributed by atoms with Gasteiger partial charge in [0.1, 0.15) is 12.4 Å². The van der Waals surface area contributed by atoms with Gasteiger partial charge >= 0.3 is 0 Å². The van der Waals surface area contributed by atoms with Gasteiger partial charge in [0.25, 0.3) is 0 Å². The minimum absolute atomic E-state index is 0.481. The van der Waals surface area contributed by atoms with Crippen molar-refractivity contribution in [1.29, 1.82) is 0 Å². The summed E-state index contributed by atoms with van der Waals surface area (Å²) in [6, 6.07) is 5.70. The van der Waals surface area contributed by atoms with Gasteiger partial charge in [0, 0.05) is 12.1 Å². The van der Waals surface area contributed by atoms with Gasteiger partial charge in [0.2, 0.25) is 0 Å². The van der Waals surface area contributed by atoms with Crippen LogP contribution in [0.5, 0.6) is 5.75 Å². The Labute approximate surface area is 109 Å². The maximum atomic E-state index is 5.97. The van der Waals surface area contributed by atoms with E-state index in [9.17, 15) is 0 Å². The predicted octanol–water partition coefficient (Wildman–Crippen LogP) is 2.88. The molecule has 3 nitrogen and oxygen atoms in total. The van der Waals surface area contributed by atoms with Gasteiger partial charge in [-0.15, -0.1) is 11.3 Å². The summed E-state index contributed by atoms with van der Waals surface area (Å²) < 4.78 is 5.60. The zero-order valence-corrected chi connectivity index (χ0v) is 10.8. The third-order valence-electron chi connectivity index (χ3n) is 2.26. The molecule has 0 fully saturated rings. The molecule has 0 amide bonds. The Bertz CT molecular complexity index is 470. The lowest BCUT2D eigenvalue weighted by Gasteiger charge is -2.05. The summed E-state index contributed by atoms with van der Waals surface area (Å²) in [5.41, 5.74) is 6.43. The van der Waals surface area contributed by atoms with Gasteiger partial charge in [-0.3, -0.25) is 4.98 Å². The highest BCUT2D eigenvalue weighted by Crippen LogP contribution is 2.23. The molecular weight excluding hydrogens is 256 g/mol. The standard InChI is InChI=1S/C12H13ClN2OS/c13-11-4-6-17-12(11)8-16-10-2-1-9(3-5-14)15-7-10/h1-2,4,6-7H,3,5,8,14H2. The summed E-state index contributed by atoms with van der Waals surface area (Å²) >= 11 is 7.56. The molecule has 2 N–H and O–H groups in total. The van der Waals surface area contributed by atoms with Crippen LogP contribution in [0.4, 0.5) is 0 Å². The maximum absolute atomic E-state index is 5.97. The highest BCUT2D eigenvalue weighted by molar-refractivity contribution is 7.10. The average Bonchev–Trinajstić information content (AvgIpc) is 2.75. The Morgan fingerprint density at radius 3 is 2.82 bits per heavy atom. The number of aromatic nitrogens is 1. The number of ether oxygens (including phenoxy) is 1. The van der Waals surface area contributed by atoms with Crippen molar-refractivity contribution in [2.75, 3.05) is 6.54 Å². The second-order valence-electron chi connectivity index (χ2n) is 3.50. The zero-order valence-electron chi connectivity index (χ0n) is 9.23. The van der Waals surface area contributed by atoms with Gasteiger partial charge in [-0.25, -0.2) is 0 Å². The molecule has 5 heteroatoms. The van der Waals surface area contributed by atoms with Crippen molar-refractivity contribution in [3.05, 3.63) is 45.4 Å². The van der Waals surface area contributed by atoms with Crippen molar-refractivity contribution >= 4 is 22.9 Å². The van der Waals surface area contributed by atoms with Crippen LogP contribution in [-0.4, -0.2) is 11.5 Å². The van der Waals surface area contributed by atoms with Crippen molar-refractivity contribution in [1.82, 2.24) is 4.98 Å². The molecule has 0 aromatic carbocycles. The van der Waals surface area contributed by atoms with E-state index in [1.165, 1.54) is 0 Å². The van der Waals surface area contributed by atoms with Crippen LogP contribution in [0.15, 0.2) is 29.8 Å². The minimum Gasteiger partial charge on any atom is -0.486 e. The first-order valence-electron chi connectivity index (χ1n) is 5.29. The van der Waals surface area contributed by atoms with Crippen LogP contribution in [0.1, 0.15) is 10.6 Å². The molecule has 0 aliphatic carbocycles. The van der Waals surface area contributed by atoms with Gasteiger partial charge in [-0.1, -0.05) is 11.6 Å². The van der Waals surface area contributed by atoms with Crippen LogP contribution >= 0.6 is 22.9 Å². The van der Waals surface area contributed by atoms with Crippen LogP contribution in [0, 0.1) is 0 Å². The third kappa shape index (κ3) is 3.43. The van der Waals surface area contributed by atoms with Gasteiger partial charge in [0.15, 0.2) is 0 Å². The number of hydrogen-bond donors (Lipinski definition) is 1. The van der Waals surface area contributed by atoms with Gasteiger partial charge in [-0.05, 0) is 30.1 Å². The largest absolute Gasteiger partial charge is 0.486 e. The summed E-state index contributed by atoms with van der Waals surface area (Å²) in [6.07, 6.45) is 2.50. The molecule has 0 aliphatic heterocycles. The number of halogens is 1. The average molecular weight is 269 g/mol.